The van der Waals surface area contributed by atoms with Crippen LogP contribution in [-0.2, 0) is 9.59 Å². The summed E-state index contributed by atoms with van der Waals surface area (Å²) in [6, 6.07) is 5.71. The average molecular weight is 290 g/mol. The summed E-state index contributed by atoms with van der Waals surface area (Å²) in [6.07, 6.45) is 1.15. The summed E-state index contributed by atoms with van der Waals surface area (Å²) in [5.74, 6) is 0.299. The third-order valence-corrected chi connectivity index (χ3v) is 3.67. The second-order valence-corrected chi connectivity index (χ2v) is 5.37. The van der Waals surface area contributed by atoms with Crippen LogP contribution in [-0.4, -0.2) is 32.0 Å². The second-order valence-electron chi connectivity index (χ2n) is 5.37. The van der Waals surface area contributed by atoms with Crippen molar-refractivity contribution in [2.24, 2.45) is 5.92 Å². The van der Waals surface area contributed by atoms with Crippen LogP contribution < -0.4 is 15.0 Å². The summed E-state index contributed by atoms with van der Waals surface area (Å²) < 4.78 is 5.33. The molecule has 1 saturated heterocycles. The lowest BCUT2D eigenvalue weighted by atomic mass is 10.1. The molecule has 1 aromatic carbocycles. The molecule has 0 radical (unpaired) electrons. The summed E-state index contributed by atoms with van der Waals surface area (Å²) in [4.78, 5) is 25.9. The van der Waals surface area contributed by atoms with Crippen LogP contribution in [0, 0.1) is 12.8 Å². The Morgan fingerprint density at radius 3 is 2.90 bits per heavy atom. The Labute approximate surface area is 125 Å². The summed E-state index contributed by atoms with van der Waals surface area (Å²) in [6.45, 7) is 5.03. The molecule has 1 heterocycles. The number of carbonyl (C=O) groups is 2. The van der Waals surface area contributed by atoms with Crippen molar-refractivity contribution in [1.29, 1.82) is 0 Å². The predicted molar refractivity (Wildman–Crippen MR) is 81.5 cm³/mol. The summed E-state index contributed by atoms with van der Waals surface area (Å²) in [5.41, 5.74) is 1.80. The highest BCUT2D eigenvalue weighted by Crippen LogP contribution is 2.33. The number of amides is 2. The van der Waals surface area contributed by atoms with Crippen molar-refractivity contribution in [3.8, 4) is 5.75 Å². The molecule has 1 atom stereocenters. The van der Waals surface area contributed by atoms with Gasteiger partial charge in [-0.25, -0.2) is 0 Å². The van der Waals surface area contributed by atoms with Gasteiger partial charge in [-0.05, 0) is 31.0 Å². The van der Waals surface area contributed by atoms with Gasteiger partial charge in [0.25, 0.3) is 0 Å². The molecular weight excluding hydrogens is 268 g/mol. The van der Waals surface area contributed by atoms with Gasteiger partial charge in [-0.1, -0.05) is 13.0 Å². The maximum Gasteiger partial charge on any atom is 0.227 e. The molecule has 0 saturated carbocycles. The average Bonchev–Trinajstić information content (AvgIpc) is 2.86. The lowest BCUT2D eigenvalue weighted by molar-refractivity contribution is -0.126. The fourth-order valence-electron chi connectivity index (χ4n) is 2.52. The van der Waals surface area contributed by atoms with Crippen LogP contribution in [0.25, 0.3) is 0 Å². The maximum absolute atomic E-state index is 12.2. The highest BCUT2D eigenvalue weighted by molar-refractivity contribution is 6.01. The van der Waals surface area contributed by atoms with Crippen molar-refractivity contribution in [2.75, 3.05) is 25.1 Å². The maximum atomic E-state index is 12.2. The Morgan fingerprint density at radius 1 is 1.48 bits per heavy atom. The minimum absolute atomic E-state index is 0.0319. The van der Waals surface area contributed by atoms with Crippen molar-refractivity contribution in [1.82, 2.24) is 5.32 Å². The lowest BCUT2D eigenvalue weighted by Gasteiger charge is -2.20. The number of nitrogens with one attached hydrogen (secondary N) is 1. The van der Waals surface area contributed by atoms with Gasteiger partial charge in [0, 0.05) is 19.5 Å². The molecule has 5 heteroatoms. The van der Waals surface area contributed by atoms with E-state index >= 15 is 0 Å². The van der Waals surface area contributed by atoms with E-state index in [-0.39, 0.29) is 24.2 Å². The molecule has 0 aliphatic carbocycles. The summed E-state index contributed by atoms with van der Waals surface area (Å²) >= 11 is 0. The number of nitrogens with zero attached hydrogens (tertiary/aromatic N) is 1. The predicted octanol–water partition coefficient (Wildman–Crippen LogP) is 1.88. The Morgan fingerprint density at radius 2 is 2.24 bits per heavy atom. The summed E-state index contributed by atoms with van der Waals surface area (Å²) in [7, 11) is 1.58. The van der Waals surface area contributed by atoms with Crippen molar-refractivity contribution in [2.45, 2.75) is 26.7 Å². The van der Waals surface area contributed by atoms with Gasteiger partial charge in [-0.3, -0.25) is 9.59 Å². The topological polar surface area (TPSA) is 58.6 Å². The fourth-order valence-corrected chi connectivity index (χ4v) is 2.52. The van der Waals surface area contributed by atoms with Crippen molar-refractivity contribution in [3.63, 3.8) is 0 Å². The minimum Gasteiger partial charge on any atom is -0.495 e. The zero-order chi connectivity index (χ0) is 15.4. The van der Waals surface area contributed by atoms with Crippen LogP contribution in [0.3, 0.4) is 0 Å². The van der Waals surface area contributed by atoms with Crippen LogP contribution in [0.15, 0.2) is 18.2 Å². The minimum atomic E-state index is -0.283. The smallest absolute Gasteiger partial charge is 0.227 e. The van der Waals surface area contributed by atoms with Gasteiger partial charge in [0.2, 0.25) is 11.8 Å². The zero-order valence-electron chi connectivity index (χ0n) is 12.8. The highest BCUT2D eigenvalue weighted by Gasteiger charge is 2.36. The number of carbonyl (C=O) groups excluding carboxylic acids is 2. The number of hydrogen-bond donors (Lipinski definition) is 1. The Bertz CT molecular complexity index is 542. The molecule has 1 fully saturated rings. The molecule has 1 aliphatic rings. The fraction of sp³-hybridized carbons (Fsp3) is 0.500. The number of anilines is 1. The van der Waals surface area contributed by atoms with Gasteiger partial charge in [0.15, 0.2) is 0 Å². The molecule has 5 nitrogen and oxygen atoms in total. The quantitative estimate of drug-likeness (QED) is 0.901. The SMILES string of the molecule is CCCNC(=O)C1CC(=O)N(c2cc(C)ccc2OC)C1. The van der Waals surface area contributed by atoms with E-state index in [1.165, 1.54) is 0 Å². The first-order chi connectivity index (χ1) is 10.1. The van der Waals surface area contributed by atoms with Gasteiger partial charge < -0.3 is 15.0 Å². The van der Waals surface area contributed by atoms with Gasteiger partial charge in [-0.15, -0.1) is 0 Å². The number of methoxy groups -OCH3 is 1. The van der Waals surface area contributed by atoms with E-state index in [1.807, 2.05) is 32.0 Å². The molecule has 1 aliphatic heterocycles. The van der Waals surface area contributed by atoms with E-state index in [1.54, 1.807) is 12.0 Å². The van der Waals surface area contributed by atoms with Crippen LogP contribution >= 0.6 is 0 Å². The number of benzene rings is 1. The van der Waals surface area contributed by atoms with Crippen LogP contribution in [0.2, 0.25) is 0 Å². The monoisotopic (exact) mass is 290 g/mol. The number of rotatable bonds is 5. The van der Waals surface area contributed by atoms with Gasteiger partial charge >= 0.3 is 0 Å². The normalized spacial score (nSPS) is 18.0. The molecule has 0 bridgehead atoms. The van der Waals surface area contributed by atoms with E-state index in [0.717, 1.165) is 17.7 Å². The standard InChI is InChI=1S/C16H22N2O3/c1-4-7-17-16(20)12-9-15(19)18(10-12)13-8-11(2)5-6-14(13)21-3/h5-6,8,12H,4,7,9-10H2,1-3H3,(H,17,20). The van der Waals surface area contributed by atoms with E-state index in [9.17, 15) is 9.59 Å². The Balaban J connectivity index is 2.17. The van der Waals surface area contributed by atoms with E-state index < -0.39 is 0 Å². The lowest BCUT2D eigenvalue weighted by Crippen LogP contribution is -2.33. The largest absolute Gasteiger partial charge is 0.495 e. The van der Waals surface area contributed by atoms with Crippen LogP contribution in [0.1, 0.15) is 25.3 Å². The molecule has 1 N–H and O–H groups in total. The molecular formula is C16H22N2O3. The second kappa shape index (κ2) is 6.61. The number of hydrogen-bond acceptors (Lipinski definition) is 3. The molecule has 2 rings (SSSR count). The van der Waals surface area contributed by atoms with E-state index in [0.29, 0.717) is 18.8 Å². The van der Waals surface area contributed by atoms with Crippen LogP contribution in [0.4, 0.5) is 5.69 Å². The van der Waals surface area contributed by atoms with E-state index in [4.69, 9.17) is 4.74 Å². The van der Waals surface area contributed by atoms with Crippen molar-refractivity contribution < 1.29 is 14.3 Å². The van der Waals surface area contributed by atoms with Gasteiger partial charge in [0.1, 0.15) is 5.75 Å². The molecule has 0 aromatic heterocycles. The van der Waals surface area contributed by atoms with Crippen molar-refractivity contribution in [3.05, 3.63) is 23.8 Å². The van der Waals surface area contributed by atoms with E-state index in [2.05, 4.69) is 5.32 Å². The first-order valence-corrected chi connectivity index (χ1v) is 7.29. The summed E-state index contributed by atoms with van der Waals surface area (Å²) in [5, 5.41) is 2.86. The van der Waals surface area contributed by atoms with Gasteiger partial charge in [-0.2, -0.15) is 0 Å². The molecule has 0 spiro atoms. The number of aryl methyl sites for hydroxylation is 1. The molecule has 21 heavy (non-hydrogen) atoms. The molecule has 1 aromatic rings. The Hall–Kier alpha value is -2.04. The molecule has 1 unspecified atom stereocenters. The third kappa shape index (κ3) is 3.35. The third-order valence-electron chi connectivity index (χ3n) is 3.67. The van der Waals surface area contributed by atoms with Gasteiger partial charge in [0.05, 0.1) is 18.7 Å². The number of ether oxygens (including phenoxy) is 1. The first kappa shape index (κ1) is 15.4. The van der Waals surface area contributed by atoms with Crippen LogP contribution in [0.5, 0.6) is 5.75 Å². The Kier molecular flexibility index (Phi) is 4.83. The van der Waals surface area contributed by atoms with Crippen molar-refractivity contribution >= 4 is 17.5 Å². The highest BCUT2D eigenvalue weighted by atomic mass is 16.5. The zero-order valence-corrected chi connectivity index (χ0v) is 12.8. The first-order valence-electron chi connectivity index (χ1n) is 7.29. The molecule has 114 valence electrons. The molecule has 2 amide bonds.